The van der Waals surface area contributed by atoms with Gasteiger partial charge in [0.25, 0.3) is 5.92 Å². The molecule has 0 unspecified atom stereocenters. The molecule has 0 heterocycles. The molecule has 0 aliphatic heterocycles. The maximum absolute atomic E-state index is 11.4. The van der Waals surface area contributed by atoms with Gasteiger partial charge in [0.15, 0.2) is 0 Å². The lowest BCUT2D eigenvalue weighted by Gasteiger charge is -2.14. The van der Waals surface area contributed by atoms with Crippen LogP contribution >= 0.6 is 0 Å². The van der Waals surface area contributed by atoms with E-state index in [9.17, 15) is 8.78 Å². The van der Waals surface area contributed by atoms with E-state index < -0.39 is 5.92 Å². The van der Waals surface area contributed by atoms with E-state index in [0.717, 1.165) is 6.08 Å². The highest BCUT2D eigenvalue weighted by Gasteiger charge is 2.29. The maximum atomic E-state index is 11.4. The summed E-state index contributed by atoms with van der Waals surface area (Å²) in [7, 11) is 0. The standard InChI is InChI=1S/C4H3F2/c5-4(6)2-1-3-4/h2H,3H2. The molecular weight excluding hydrogens is 86.0 g/mol. The molecule has 0 aromatic heterocycles. The van der Waals surface area contributed by atoms with Crippen molar-refractivity contribution >= 4 is 0 Å². The summed E-state index contributed by atoms with van der Waals surface area (Å²) in [5.74, 6) is -2.51. The zero-order valence-corrected chi connectivity index (χ0v) is 3.04. The molecule has 0 amide bonds. The summed E-state index contributed by atoms with van der Waals surface area (Å²) in [5, 5.41) is 0. The number of rotatable bonds is 0. The molecule has 33 valence electrons. The molecule has 2 heteroatoms. The maximum Gasteiger partial charge on any atom is 0.271 e. The molecule has 6 heavy (non-hydrogen) atoms. The van der Waals surface area contributed by atoms with Gasteiger partial charge >= 0.3 is 0 Å². The Labute approximate surface area is 34.5 Å². The van der Waals surface area contributed by atoms with Gasteiger partial charge in [0.05, 0.1) is 0 Å². The lowest BCUT2D eigenvalue weighted by molar-refractivity contribution is 0.0366. The second kappa shape index (κ2) is 0.806. The van der Waals surface area contributed by atoms with Gasteiger partial charge in [-0.25, -0.2) is 8.78 Å². The molecule has 0 aromatic carbocycles. The SMILES string of the molecule is FC1(F)C=[C]C1. The average molecular weight is 89.1 g/mol. The van der Waals surface area contributed by atoms with Crippen LogP contribution in [0.15, 0.2) is 6.08 Å². The first kappa shape index (κ1) is 3.78. The first-order valence-corrected chi connectivity index (χ1v) is 1.66. The van der Waals surface area contributed by atoms with Crippen molar-refractivity contribution in [2.45, 2.75) is 12.3 Å². The van der Waals surface area contributed by atoms with Crippen LogP contribution in [0.4, 0.5) is 8.78 Å². The van der Waals surface area contributed by atoms with E-state index in [0.29, 0.717) is 0 Å². The summed E-state index contributed by atoms with van der Waals surface area (Å²) in [6.07, 6.45) is 2.92. The van der Waals surface area contributed by atoms with Crippen molar-refractivity contribution in [3.05, 3.63) is 12.2 Å². The molecule has 1 aliphatic rings. The molecule has 0 spiro atoms. The second-order valence-corrected chi connectivity index (χ2v) is 1.29. The third-order valence-electron chi connectivity index (χ3n) is 0.651. The average Bonchev–Trinajstić information content (AvgIpc) is 1.32. The quantitative estimate of drug-likeness (QED) is 0.420. The van der Waals surface area contributed by atoms with E-state index in [4.69, 9.17) is 0 Å². The van der Waals surface area contributed by atoms with E-state index in [-0.39, 0.29) is 6.42 Å². The fourth-order valence-corrected chi connectivity index (χ4v) is 0.256. The van der Waals surface area contributed by atoms with Crippen LogP contribution in [-0.4, -0.2) is 5.92 Å². The molecule has 0 N–H and O–H groups in total. The molecule has 0 aromatic rings. The molecule has 0 nitrogen and oxygen atoms in total. The Morgan fingerprint density at radius 1 is 1.67 bits per heavy atom. The van der Waals surface area contributed by atoms with Gasteiger partial charge in [-0.3, -0.25) is 0 Å². The highest BCUT2D eigenvalue weighted by atomic mass is 19.3. The van der Waals surface area contributed by atoms with Gasteiger partial charge in [0.2, 0.25) is 0 Å². The first-order valence-electron chi connectivity index (χ1n) is 1.66. The molecule has 0 atom stereocenters. The minimum Gasteiger partial charge on any atom is -0.202 e. The molecule has 1 rings (SSSR count). The third-order valence-corrected chi connectivity index (χ3v) is 0.651. The summed E-state index contributed by atoms with van der Waals surface area (Å²) in [6.45, 7) is 0. The van der Waals surface area contributed by atoms with Crippen LogP contribution in [-0.2, 0) is 0 Å². The van der Waals surface area contributed by atoms with Gasteiger partial charge in [0, 0.05) is 6.42 Å². The highest BCUT2D eigenvalue weighted by molar-refractivity contribution is 5.02. The first-order chi connectivity index (χ1) is 2.71. The highest BCUT2D eigenvalue weighted by Crippen LogP contribution is 2.27. The van der Waals surface area contributed by atoms with Crippen LogP contribution in [0, 0.1) is 6.08 Å². The van der Waals surface area contributed by atoms with Crippen LogP contribution in [0.2, 0.25) is 0 Å². The van der Waals surface area contributed by atoms with Crippen molar-refractivity contribution in [3.8, 4) is 0 Å². The number of hydrogen-bond acceptors (Lipinski definition) is 0. The van der Waals surface area contributed by atoms with Crippen LogP contribution in [0.1, 0.15) is 6.42 Å². The summed E-state index contributed by atoms with van der Waals surface area (Å²) >= 11 is 0. The van der Waals surface area contributed by atoms with Gasteiger partial charge in [-0.05, 0) is 12.2 Å². The van der Waals surface area contributed by atoms with Gasteiger partial charge in [0.1, 0.15) is 0 Å². The van der Waals surface area contributed by atoms with Crippen molar-refractivity contribution in [2.24, 2.45) is 0 Å². The Morgan fingerprint density at radius 2 is 2.00 bits per heavy atom. The smallest absolute Gasteiger partial charge is 0.202 e. The molecule has 0 fully saturated rings. The van der Waals surface area contributed by atoms with Crippen LogP contribution in [0.25, 0.3) is 0 Å². The normalized spacial score (nSPS) is 26.3. The summed E-state index contributed by atoms with van der Waals surface area (Å²) in [5.41, 5.74) is 0. The van der Waals surface area contributed by atoms with Gasteiger partial charge in [-0.2, -0.15) is 0 Å². The number of allylic oxidation sites excluding steroid dienone is 2. The molecule has 1 aliphatic carbocycles. The Morgan fingerprint density at radius 3 is 2.00 bits per heavy atom. The zero-order chi connectivity index (χ0) is 4.62. The molecule has 0 saturated heterocycles. The van der Waals surface area contributed by atoms with Crippen LogP contribution in [0.5, 0.6) is 0 Å². The predicted octanol–water partition coefficient (Wildman–Crippen LogP) is 1.38. The minimum atomic E-state index is -2.51. The fraction of sp³-hybridized carbons (Fsp3) is 0.500. The van der Waals surface area contributed by atoms with E-state index in [2.05, 4.69) is 6.08 Å². The predicted molar refractivity (Wildman–Crippen MR) is 17.4 cm³/mol. The Kier molecular flexibility index (Phi) is 0.508. The van der Waals surface area contributed by atoms with Crippen molar-refractivity contribution in [1.82, 2.24) is 0 Å². The minimum absolute atomic E-state index is 0.188. The largest absolute Gasteiger partial charge is 0.271 e. The monoisotopic (exact) mass is 89.0 g/mol. The summed E-state index contributed by atoms with van der Waals surface area (Å²) < 4.78 is 22.8. The lowest BCUT2D eigenvalue weighted by atomic mass is 10.1. The van der Waals surface area contributed by atoms with Crippen molar-refractivity contribution in [2.75, 3.05) is 0 Å². The Hall–Kier alpha value is -0.400. The van der Waals surface area contributed by atoms with Crippen LogP contribution < -0.4 is 0 Å². The van der Waals surface area contributed by atoms with Crippen LogP contribution in [0.3, 0.4) is 0 Å². The molecule has 0 saturated carbocycles. The van der Waals surface area contributed by atoms with Crippen molar-refractivity contribution < 1.29 is 8.78 Å². The number of hydrogen-bond donors (Lipinski definition) is 0. The van der Waals surface area contributed by atoms with E-state index in [1.54, 1.807) is 0 Å². The van der Waals surface area contributed by atoms with Gasteiger partial charge in [-0.1, -0.05) is 0 Å². The fourth-order valence-electron chi connectivity index (χ4n) is 0.256. The van der Waals surface area contributed by atoms with E-state index in [1.165, 1.54) is 0 Å². The van der Waals surface area contributed by atoms with Gasteiger partial charge in [-0.15, -0.1) is 0 Å². The second-order valence-electron chi connectivity index (χ2n) is 1.29. The lowest BCUT2D eigenvalue weighted by Crippen LogP contribution is -2.17. The topological polar surface area (TPSA) is 0 Å². The van der Waals surface area contributed by atoms with Crippen molar-refractivity contribution in [1.29, 1.82) is 0 Å². The zero-order valence-electron chi connectivity index (χ0n) is 3.04. The Bertz CT molecular complexity index is 83.5. The van der Waals surface area contributed by atoms with E-state index in [1.807, 2.05) is 0 Å². The molecular formula is C4H3F2. The third kappa shape index (κ3) is 0.421. The Balaban J connectivity index is 2.57. The van der Waals surface area contributed by atoms with E-state index >= 15 is 0 Å². The summed E-state index contributed by atoms with van der Waals surface area (Å²) in [4.78, 5) is 0. The molecule has 0 bridgehead atoms. The van der Waals surface area contributed by atoms with Crippen molar-refractivity contribution in [3.63, 3.8) is 0 Å². The number of alkyl halides is 2. The number of halogens is 2. The molecule has 1 radical (unpaired) electrons. The van der Waals surface area contributed by atoms with Gasteiger partial charge < -0.3 is 0 Å². The summed E-state index contributed by atoms with van der Waals surface area (Å²) in [6, 6.07) is 0.